The average molecular weight is 545 g/mol. The van der Waals surface area contributed by atoms with Crippen LogP contribution < -0.4 is 9.47 Å². The van der Waals surface area contributed by atoms with Gasteiger partial charge in [-0.15, -0.1) is 0 Å². The Morgan fingerprint density at radius 1 is 1.00 bits per heavy atom. The van der Waals surface area contributed by atoms with E-state index in [1.165, 1.54) is 17.3 Å². The molecule has 3 aromatic rings. The topological polar surface area (TPSA) is 38.8 Å². The van der Waals surface area contributed by atoms with E-state index in [0.717, 1.165) is 16.9 Å². The third-order valence-corrected chi connectivity index (χ3v) is 7.18. The fourth-order valence-corrected chi connectivity index (χ4v) is 5.45. The van der Waals surface area contributed by atoms with Crippen LogP contribution in [0.2, 0.25) is 10.0 Å². The average Bonchev–Trinajstić information content (AvgIpc) is 3.07. The first-order chi connectivity index (χ1) is 16.8. The molecule has 1 saturated heterocycles. The summed E-state index contributed by atoms with van der Waals surface area (Å²) in [5.74, 6) is 1.08. The van der Waals surface area contributed by atoms with Gasteiger partial charge in [0.2, 0.25) is 0 Å². The van der Waals surface area contributed by atoms with Crippen molar-refractivity contribution in [2.75, 3.05) is 13.2 Å². The van der Waals surface area contributed by atoms with Crippen molar-refractivity contribution in [1.82, 2.24) is 4.90 Å². The molecule has 0 aromatic heterocycles. The highest BCUT2D eigenvalue weighted by molar-refractivity contribution is 8.26. The van der Waals surface area contributed by atoms with Crippen molar-refractivity contribution in [3.05, 3.63) is 97.9 Å². The third kappa shape index (κ3) is 6.39. The van der Waals surface area contributed by atoms with Crippen LogP contribution in [0.15, 0.2) is 65.6 Å². The SMILES string of the molecule is Cc1ccc(OCCOc2c(Cl)cc(Cl)cc2/C=C2\SC(=S)N(Cc3ccccc3)C2=O)c(C)c1. The Morgan fingerprint density at radius 2 is 1.74 bits per heavy atom. The maximum Gasteiger partial charge on any atom is 0.266 e. The summed E-state index contributed by atoms with van der Waals surface area (Å²) in [5, 5.41) is 0.801. The van der Waals surface area contributed by atoms with Gasteiger partial charge in [-0.25, -0.2) is 0 Å². The number of aryl methyl sites for hydroxylation is 2. The van der Waals surface area contributed by atoms with E-state index in [-0.39, 0.29) is 12.5 Å². The highest BCUT2D eigenvalue weighted by Gasteiger charge is 2.32. The molecule has 0 saturated carbocycles. The minimum atomic E-state index is -0.163. The number of ether oxygens (including phenoxy) is 2. The molecule has 0 bridgehead atoms. The number of thiocarbonyl (C=S) groups is 1. The Kier molecular flexibility index (Phi) is 8.39. The second-order valence-electron chi connectivity index (χ2n) is 8.03. The standard InChI is InChI=1S/C27H23Cl2NO3S2/c1-17-8-9-23(18(2)12-17)32-10-11-33-25-20(13-21(28)15-22(25)29)14-24-26(31)30(27(34)35-24)16-19-6-4-3-5-7-19/h3-9,12-15H,10-11,16H2,1-2H3/b24-14-. The molecule has 1 amide bonds. The summed E-state index contributed by atoms with van der Waals surface area (Å²) < 4.78 is 12.3. The van der Waals surface area contributed by atoms with Crippen LogP contribution in [0.3, 0.4) is 0 Å². The van der Waals surface area contributed by atoms with Crippen LogP contribution in [0.25, 0.3) is 6.08 Å². The molecule has 180 valence electrons. The molecule has 0 N–H and O–H groups in total. The van der Waals surface area contributed by atoms with Crippen molar-refractivity contribution in [3.63, 3.8) is 0 Å². The maximum atomic E-state index is 13.1. The first-order valence-corrected chi connectivity index (χ1v) is 12.9. The van der Waals surface area contributed by atoms with Crippen LogP contribution in [-0.4, -0.2) is 28.3 Å². The number of amides is 1. The van der Waals surface area contributed by atoms with Crippen molar-refractivity contribution in [2.24, 2.45) is 0 Å². The summed E-state index contributed by atoms with van der Waals surface area (Å²) in [6, 6.07) is 19.1. The summed E-state index contributed by atoms with van der Waals surface area (Å²) in [6.07, 6.45) is 1.72. The minimum absolute atomic E-state index is 0.163. The zero-order chi connectivity index (χ0) is 24.9. The number of nitrogens with zero attached hydrogens (tertiary/aromatic N) is 1. The van der Waals surface area contributed by atoms with Crippen LogP contribution in [0.4, 0.5) is 0 Å². The van der Waals surface area contributed by atoms with Gasteiger partial charge < -0.3 is 9.47 Å². The van der Waals surface area contributed by atoms with Crippen molar-refractivity contribution in [1.29, 1.82) is 0 Å². The first-order valence-electron chi connectivity index (χ1n) is 10.9. The number of hydrogen-bond donors (Lipinski definition) is 0. The van der Waals surface area contributed by atoms with Crippen LogP contribution >= 0.6 is 47.2 Å². The normalized spacial score (nSPS) is 14.6. The van der Waals surface area contributed by atoms with Crippen molar-refractivity contribution >= 4 is 63.5 Å². The molecule has 0 atom stereocenters. The summed E-state index contributed by atoms with van der Waals surface area (Å²) in [5.41, 5.74) is 3.85. The molecule has 4 nitrogen and oxygen atoms in total. The molecule has 35 heavy (non-hydrogen) atoms. The van der Waals surface area contributed by atoms with Gasteiger partial charge in [-0.2, -0.15) is 0 Å². The number of benzene rings is 3. The van der Waals surface area contributed by atoms with E-state index in [2.05, 4.69) is 6.07 Å². The molecule has 8 heteroatoms. The van der Waals surface area contributed by atoms with Gasteiger partial charge in [-0.1, -0.05) is 95.2 Å². The Balaban J connectivity index is 1.48. The molecule has 3 aromatic carbocycles. The number of hydrogen-bond acceptors (Lipinski definition) is 5. The lowest BCUT2D eigenvalue weighted by Crippen LogP contribution is -2.27. The monoisotopic (exact) mass is 543 g/mol. The van der Waals surface area contributed by atoms with Crippen LogP contribution in [0.5, 0.6) is 11.5 Å². The van der Waals surface area contributed by atoms with Crippen LogP contribution in [0.1, 0.15) is 22.3 Å². The molecule has 0 spiro atoms. The minimum Gasteiger partial charge on any atom is -0.490 e. The van der Waals surface area contributed by atoms with E-state index in [0.29, 0.717) is 43.7 Å². The van der Waals surface area contributed by atoms with Gasteiger partial charge in [0.25, 0.3) is 5.91 Å². The van der Waals surface area contributed by atoms with E-state index in [4.69, 9.17) is 44.9 Å². The molecule has 0 aliphatic carbocycles. The Morgan fingerprint density at radius 3 is 2.49 bits per heavy atom. The van der Waals surface area contributed by atoms with Gasteiger partial charge in [0, 0.05) is 10.6 Å². The van der Waals surface area contributed by atoms with E-state index in [9.17, 15) is 4.79 Å². The fourth-order valence-electron chi connectivity index (χ4n) is 3.64. The zero-order valence-electron chi connectivity index (χ0n) is 19.2. The largest absolute Gasteiger partial charge is 0.490 e. The van der Waals surface area contributed by atoms with Crippen molar-refractivity contribution in [3.8, 4) is 11.5 Å². The fraction of sp³-hybridized carbons (Fsp3) is 0.185. The van der Waals surface area contributed by atoms with Gasteiger partial charge in [-0.05, 0) is 49.2 Å². The Labute approximate surface area is 224 Å². The Hall–Kier alpha value is -2.51. The molecular weight excluding hydrogens is 521 g/mol. The zero-order valence-corrected chi connectivity index (χ0v) is 22.4. The summed E-state index contributed by atoms with van der Waals surface area (Å²) in [6.45, 7) is 5.06. The Bertz CT molecular complexity index is 1300. The van der Waals surface area contributed by atoms with E-state index < -0.39 is 0 Å². The van der Waals surface area contributed by atoms with Crippen molar-refractivity contribution in [2.45, 2.75) is 20.4 Å². The smallest absolute Gasteiger partial charge is 0.266 e. The van der Waals surface area contributed by atoms with Crippen molar-refractivity contribution < 1.29 is 14.3 Å². The van der Waals surface area contributed by atoms with Gasteiger partial charge >= 0.3 is 0 Å². The molecular formula is C27H23Cl2NO3S2. The predicted molar refractivity (Wildman–Crippen MR) is 149 cm³/mol. The summed E-state index contributed by atoms with van der Waals surface area (Å²) in [7, 11) is 0. The quantitative estimate of drug-likeness (QED) is 0.167. The van der Waals surface area contributed by atoms with Crippen LogP contribution in [-0.2, 0) is 11.3 Å². The highest BCUT2D eigenvalue weighted by atomic mass is 35.5. The number of carbonyl (C=O) groups excluding carboxylic acids is 1. The lowest BCUT2D eigenvalue weighted by Gasteiger charge is -2.15. The molecule has 0 unspecified atom stereocenters. The third-order valence-electron chi connectivity index (χ3n) is 5.30. The van der Waals surface area contributed by atoms with Gasteiger partial charge in [0.1, 0.15) is 29.0 Å². The van der Waals surface area contributed by atoms with Gasteiger partial charge in [0.05, 0.1) is 16.5 Å². The maximum absolute atomic E-state index is 13.1. The number of thioether (sulfide) groups is 1. The van der Waals surface area contributed by atoms with E-state index in [1.54, 1.807) is 23.1 Å². The lowest BCUT2D eigenvalue weighted by atomic mass is 10.1. The first kappa shape index (κ1) is 25.6. The molecule has 4 rings (SSSR count). The molecule has 1 aliphatic rings. The van der Waals surface area contributed by atoms with E-state index >= 15 is 0 Å². The lowest BCUT2D eigenvalue weighted by molar-refractivity contribution is -0.122. The molecule has 1 fully saturated rings. The van der Waals surface area contributed by atoms with Gasteiger partial charge in [-0.3, -0.25) is 9.69 Å². The second kappa shape index (κ2) is 11.5. The van der Waals surface area contributed by atoms with Crippen LogP contribution in [0, 0.1) is 13.8 Å². The number of halogens is 2. The van der Waals surface area contributed by atoms with E-state index in [1.807, 2.05) is 56.3 Å². The summed E-state index contributed by atoms with van der Waals surface area (Å²) >= 11 is 19.4. The second-order valence-corrected chi connectivity index (χ2v) is 10.5. The number of rotatable bonds is 8. The van der Waals surface area contributed by atoms with Gasteiger partial charge in [0.15, 0.2) is 0 Å². The highest BCUT2D eigenvalue weighted by Crippen LogP contribution is 2.38. The number of carbonyl (C=O) groups is 1. The molecule has 1 heterocycles. The predicted octanol–water partition coefficient (Wildman–Crippen LogP) is 7.47. The summed E-state index contributed by atoms with van der Waals surface area (Å²) in [4.78, 5) is 15.2. The molecule has 1 aliphatic heterocycles. The molecule has 0 radical (unpaired) electrons.